The van der Waals surface area contributed by atoms with Crippen molar-refractivity contribution >= 4 is 22.2 Å². The zero-order valence-corrected chi connectivity index (χ0v) is 16.0. The van der Waals surface area contributed by atoms with E-state index in [2.05, 4.69) is 59.6 Å². The molecule has 0 spiro atoms. The van der Waals surface area contributed by atoms with E-state index in [-0.39, 0.29) is 0 Å². The molecule has 3 aromatic heterocycles. The van der Waals surface area contributed by atoms with E-state index in [1.807, 2.05) is 19.2 Å². The van der Waals surface area contributed by atoms with E-state index in [1.54, 1.807) is 11.3 Å². The van der Waals surface area contributed by atoms with Gasteiger partial charge in [0.05, 0.1) is 16.1 Å². The van der Waals surface area contributed by atoms with Crippen LogP contribution in [-0.2, 0) is 13.1 Å². The number of hydrogen-bond acceptors (Lipinski definition) is 5. The predicted octanol–water partition coefficient (Wildman–Crippen LogP) is 5.20. The number of hydrogen-bond donors (Lipinski definition) is 0. The summed E-state index contributed by atoms with van der Waals surface area (Å²) in [6, 6.07) is 12.5. The minimum Gasteiger partial charge on any atom is -0.440 e. The van der Waals surface area contributed by atoms with Gasteiger partial charge in [0.25, 0.3) is 0 Å². The number of nitrogens with zero attached hydrogens (tertiary/aromatic N) is 3. The normalized spacial score (nSPS) is 11.5. The molecule has 0 N–H and O–H groups in total. The van der Waals surface area contributed by atoms with E-state index in [0.717, 1.165) is 40.8 Å². The molecule has 4 rings (SSSR count). The second-order valence-electron chi connectivity index (χ2n) is 6.61. The van der Waals surface area contributed by atoms with Crippen molar-refractivity contribution in [2.24, 2.45) is 0 Å². The summed E-state index contributed by atoms with van der Waals surface area (Å²) in [7, 11) is 2.11. The van der Waals surface area contributed by atoms with Crippen LogP contribution in [0.25, 0.3) is 21.7 Å². The maximum atomic E-state index is 5.92. The van der Waals surface area contributed by atoms with E-state index in [4.69, 9.17) is 9.40 Å². The molecule has 0 unspecified atom stereocenters. The SMILES string of the molecule is Cc1ccsc1-c1nc(CN(C)Cc2cccc3ncccc23)c(C)o1. The fraction of sp³-hybridized carbons (Fsp3) is 0.238. The van der Waals surface area contributed by atoms with Crippen molar-refractivity contribution in [3.05, 3.63) is 70.6 Å². The zero-order valence-electron chi connectivity index (χ0n) is 15.2. The van der Waals surface area contributed by atoms with Gasteiger partial charge in [-0.2, -0.15) is 0 Å². The Morgan fingerprint density at radius 2 is 1.96 bits per heavy atom. The van der Waals surface area contributed by atoms with Crippen LogP contribution in [0.1, 0.15) is 22.6 Å². The lowest BCUT2D eigenvalue weighted by molar-refractivity contribution is 0.314. The Labute approximate surface area is 157 Å². The first-order chi connectivity index (χ1) is 12.6. The number of thiophene rings is 1. The van der Waals surface area contributed by atoms with Crippen LogP contribution in [-0.4, -0.2) is 21.9 Å². The number of aryl methyl sites for hydroxylation is 2. The summed E-state index contributed by atoms with van der Waals surface area (Å²) in [5.74, 6) is 1.62. The first kappa shape index (κ1) is 16.9. The van der Waals surface area contributed by atoms with E-state index >= 15 is 0 Å². The van der Waals surface area contributed by atoms with Crippen LogP contribution < -0.4 is 0 Å². The van der Waals surface area contributed by atoms with Crippen LogP contribution in [0.2, 0.25) is 0 Å². The fourth-order valence-corrected chi connectivity index (χ4v) is 4.02. The van der Waals surface area contributed by atoms with Crippen LogP contribution in [0.5, 0.6) is 0 Å². The highest BCUT2D eigenvalue weighted by Gasteiger charge is 2.16. The van der Waals surface area contributed by atoms with Gasteiger partial charge in [-0.1, -0.05) is 18.2 Å². The summed E-state index contributed by atoms with van der Waals surface area (Å²) in [5, 5.41) is 3.28. The highest BCUT2D eigenvalue weighted by atomic mass is 32.1. The minimum atomic E-state index is 0.729. The third-order valence-electron chi connectivity index (χ3n) is 4.54. The molecule has 5 heteroatoms. The smallest absolute Gasteiger partial charge is 0.237 e. The van der Waals surface area contributed by atoms with Gasteiger partial charge in [0.15, 0.2) is 0 Å². The van der Waals surface area contributed by atoms with Gasteiger partial charge in [0.2, 0.25) is 5.89 Å². The summed E-state index contributed by atoms with van der Waals surface area (Å²) in [5.41, 5.74) is 4.51. The van der Waals surface area contributed by atoms with E-state index in [1.165, 1.54) is 16.5 Å². The number of fused-ring (bicyclic) bond motifs is 1. The molecule has 26 heavy (non-hydrogen) atoms. The van der Waals surface area contributed by atoms with Gasteiger partial charge >= 0.3 is 0 Å². The average Bonchev–Trinajstić information content (AvgIpc) is 3.21. The standard InChI is InChI=1S/C21H21N3OS/c1-14-9-11-26-20(14)21-23-19(15(2)25-21)13-24(3)12-16-6-4-8-18-17(16)7-5-10-22-18/h4-11H,12-13H2,1-3H3. The van der Waals surface area contributed by atoms with Gasteiger partial charge < -0.3 is 4.42 Å². The highest BCUT2D eigenvalue weighted by molar-refractivity contribution is 7.13. The third kappa shape index (κ3) is 3.28. The first-order valence-corrected chi connectivity index (χ1v) is 9.51. The highest BCUT2D eigenvalue weighted by Crippen LogP contribution is 2.30. The summed E-state index contributed by atoms with van der Waals surface area (Å²) in [6.45, 7) is 5.66. The van der Waals surface area contributed by atoms with Gasteiger partial charge in [-0.05, 0) is 55.6 Å². The van der Waals surface area contributed by atoms with E-state index < -0.39 is 0 Å². The van der Waals surface area contributed by atoms with E-state index in [9.17, 15) is 0 Å². The first-order valence-electron chi connectivity index (χ1n) is 8.64. The molecule has 0 saturated carbocycles. The van der Waals surface area contributed by atoms with Crippen LogP contribution in [0.4, 0.5) is 0 Å². The zero-order chi connectivity index (χ0) is 18.1. The van der Waals surface area contributed by atoms with Gasteiger partial charge in [-0.15, -0.1) is 11.3 Å². The Morgan fingerprint density at radius 3 is 2.77 bits per heavy atom. The Kier molecular flexibility index (Phi) is 4.57. The quantitative estimate of drug-likeness (QED) is 0.489. The maximum Gasteiger partial charge on any atom is 0.237 e. The monoisotopic (exact) mass is 363 g/mol. The lowest BCUT2D eigenvalue weighted by Gasteiger charge is -2.16. The van der Waals surface area contributed by atoms with Crippen molar-refractivity contribution in [2.45, 2.75) is 26.9 Å². The van der Waals surface area contributed by atoms with Gasteiger partial charge in [-0.25, -0.2) is 4.98 Å². The van der Waals surface area contributed by atoms with Crippen molar-refractivity contribution in [2.75, 3.05) is 7.05 Å². The molecule has 0 aliphatic carbocycles. The molecule has 1 aromatic carbocycles. The molecule has 4 nitrogen and oxygen atoms in total. The molecule has 0 amide bonds. The molecule has 132 valence electrons. The van der Waals surface area contributed by atoms with Crippen LogP contribution in [0.15, 0.2) is 52.4 Å². The average molecular weight is 363 g/mol. The number of aromatic nitrogens is 2. The second kappa shape index (κ2) is 7.02. The summed E-state index contributed by atoms with van der Waals surface area (Å²) in [4.78, 5) is 12.6. The molecule has 3 heterocycles. The van der Waals surface area contributed by atoms with Gasteiger partial charge in [0, 0.05) is 24.7 Å². The molecule has 0 saturated heterocycles. The third-order valence-corrected chi connectivity index (χ3v) is 5.55. The number of oxazole rings is 1. The molecule has 0 aliphatic rings. The number of rotatable bonds is 5. The molecule has 0 atom stereocenters. The second-order valence-corrected chi connectivity index (χ2v) is 7.53. The van der Waals surface area contributed by atoms with Crippen molar-refractivity contribution in [1.82, 2.24) is 14.9 Å². The lowest BCUT2D eigenvalue weighted by Crippen LogP contribution is -2.18. The Morgan fingerprint density at radius 1 is 1.08 bits per heavy atom. The molecule has 4 aromatic rings. The van der Waals surface area contributed by atoms with Crippen LogP contribution in [0, 0.1) is 13.8 Å². The largest absolute Gasteiger partial charge is 0.440 e. The minimum absolute atomic E-state index is 0.729. The van der Waals surface area contributed by atoms with Crippen LogP contribution in [0.3, 0.4) is 0 Å². The molecular weight excluding hydrogens is 342 g/mol. The van der Waals surface area contributed by atoms with Crippen LogP contribution >= 0.6 is 11.3 Å². The Hall–Kier alpha value is -2.50. The summed E-state index contributed by atoms with van der Waals surface area (Å²) in [6.07, 6.45) is 1.84. The molecular formula is C21H21N3OS. The predicted molar refractivity (Wildman–Crippen MR) is 106 cm³/mol. The molecule has 0 bridgehead atoms. The van der Waals surface area contributed by atoms with Gasteiger partial charge in [-0.3, -0.25) is 9.88 Å². The molecule has 0 radical (unpaired) electrons. The summed E-state index contributed by atoms with van der Waals surface area (Å²) >= 11 is 1.67. The molecule has 0 fully saturated rings. The van der Waals surface area contributed by atoms with Crippen molar-refractivity contribution < 1.29 is 4.42 Å². The maximum absolute atomic E-state index is 5.92. The summed E-state index contributed by atoms with van der Waals surface area (Å²) < 4.78 is 5.92. The van der Waals surface area contributed by atoms with Crippen molar-refractivity contribution in [3.8, 4) is 10.8 Å². The molecule has 0 aliphatic heterocycles. The van der Waals surface area contributed by atoms with Crippen molar-refractivity contribution in [1.29, 1.82) is 0 Å². The Bertz CT molecular complexity index is 1050. The Balaban J connectivity index is 1.54. The number of pyridine rings is 1. The fourth-order valence-electron chi connectivity index (χ4n) is 3.17. The van der Waals surface area contributed by atoms with E-state index in [0.29, 0.717) is 0 Å². The van der Waals surface area contributed by atoms with Gasteiger partial charge in [0.1, 0.15) is 5.76 Å². The lowest BCUT2D eigenvalue weighted by atomic mass is 10.1. The number of benzene rings is 1. The topological polar surface area (TPSA) is 42.2 Å². The van der Waals surface area contributed by atoms with Crippen molar-refractivity contribution in [3.63, 3.8) is 0 Å².